The molecule has 0 saturated carbocycles. The summed E-state index contributed by atoms with van der Waals surface area (Å²) in [5, 5.41) is 9.42. The van der Waals surface area contributed by atoms with Crippen molar-refractivity contribution in [3.05, 3.63) is 6.20 Å². The molecule has 0 radical (unpaired) electrons. The van der Waals surface area contributed by atoms with E-state index >= 15 is 0 Å². The molecular weight excluding hydrogens is 113 g/mol. The molecule has 0 amide bonds. The predicted octanol–water partition coefficient (Wildman–Crippen LogP) is -0.0264. The second-order valence-corrected chi connectivity index (χ2v) is 1.16. The topological polar surface area (TPSA) is 50.8 Å². The quantitative estimate of drug-likeness (QED) is 0.525. The molecule has 1 atom stereocenters. The van der Waals surface area contributed by atoms with Crippen molar-refractivity contribution in [1.29, 1.82) is 0 Å². The molecule has 1 rings (SSSR count). The predicted molar refractivity (Wildman–Crippen MR) is 26.7 cm³/mol. The summed E-state index contributed by atoms with van der Waals surface area (Å²) >= 11 is 0. The maximum absolute atomic E-state index is 4.57. The average molecular weight is 117 g/mol. The molecule has 0 aromatic carbocycles. The minimum absolute atomic E-state index is 0.477. The second-order valence-electron chi connectivity index (χ2n) is 0.926. The van der Waals surface area contributed by atoms with Crippen LogP contribution >= 0.6 is 9.47 Å². The number of H-pyrrole nitrogens is 1. The van der Waals surface area contributed by atoms with E-state index < -0.39 is 0 Å². The molecule has 0 spiro atoms. The van der Waals surface area contributed by atoms with Crippen molar-refractivity contribution in [1.82, 2.24) is 15.4 Å². The Morgan fingerprint density at radius 3 is 3.00 bits per heavy atom. The van der Waals surface area contributed by atoms with Gasteiger partial charge in [-0.3, -0.25) is 0 Å². The van der Waals surface area contributed by atoms with Gasteiger partial charge in [0, 0.05) is 0 Å². The van der Waals surface area contributed by atoms with Crippen molar-refractivity contribution < 1.29 is 4.52 Å². The van der Waals surface area contributed by atoms with E-state index in [1.807, 2.05) is 0 Å². The highest BCUT2D eigenvalue weighted by atomic mass is 31.0. The Morgan fingerprint density at radius 1 is 1.86 bits per heavy atom. The van der Waals surface area contributed by atoms with Crippen LogP contribution in [0.1, 0.15) is 0 Å². The van der Waals surface area contributed by atoms with Gasteiger partial charge in [-0.25, -0.2) is 0 Å². The Labute approximate surface area is 42.5 Å². The molecule has 0 fully saturated rings. The highest BCUT2D eigenvalue weighted by Gasteiger charge is 1.86. The van der Waals surface area contributed by atoms with Gasteiger partial charge < -0.3 is 4.52 Å². The SMILES string of the molecule is POc1cn[nH]n1. The fourth-order valence-electron chi connectivity index (χ4n) is 0.248. The van der Waals surface area contributed by atoms with E-state index in [0.29, 0.717) is 5.88 Å². The first-order chi connectivity index (χ1) is 3.43. The third-order valence-electron chi connectivity index (χ3n) is 0.514. The zero-order chi connectivity index (χ0) is 5.11. The van der Waals surface area contributed by atoms with E-state index in [-0.39, 0.29) is 0 Å². The Kier molecular flexibility index (Phi) is 1.22. The van der Waals surface area contributed by atoms with Crippen LogP contribution in [0.4, 0.5) is 0 Å². The zero-order valence-electron chi connectivity index (χ0n) is 3.46. The van der Waals surface area contributed by atoms with E-state index in [0.717, 1.165) is 0 Å². The molecule has 38 valence electrons. The monoisotopic (exact) mass is 117 g/mol. The van der Waals surface area contributed by atoms with Crippen LogP contribution < -0.4 is 4.52 Å². The van der Waals surface area contributed by atoms with Crippen LogP contribution in [0.3, 0.4) is 0 Å². The van der Waals surface area contributed by atoms with Crippen LogP contribution in [0, 0.1) is 0 Å². The molecule has 0 aliphatic rings. The maximum Gasteiger partial charge on any atom is 0.255 e. The van der Waals surface area contributed by atoms with Gasteiger partial charge in [0.25, 0.3) is 5.88 Å². The fourth-order valence-corrected chi connectivity index (χ4v) is 0.361. The van der Waals surface area contributed by atoms with Gasteiger partial charge in [-0.05, 0) is 0 Å². The van der Waals surface area contributed by atoms with Gasteiger partial charge in [0.15, 0.2) is 0 Å². The standard InChI is InChI=1S/C2H4N3OP/c7-6-2-1-3-5-4-2/h1H,7H2,(H,3,4,5). The van der Waals surface area contributed by atoms with Crippen molar-refractivity contribution in [2.24, 2.45) is 0 Å². The third kappa shape index (κ3) is 0.871. The molecular formula is C2H4N3OP. The number of aromatic nitrogens is 3. The number of hydrogen-bond acceptors (Lipinski definition) is 3. The molecule has 1 unspecified atom stereocenters. The van der Waals surface area contributed by atoms with Gasteiger partial charge in [0.05, 0.1) is 9.47 Å². The summed E-state index contributed by atoms with van der Waals surface area (Å²) < 4.78 is 4.57. The van der Waals surface area contributed by atoms with Crippen molar-refractivity contribution >= 4 is 9.47 Å². The molecule has 0 saturated heterocycles. The first-order valence-corrected chi connectivity index (χ1v) is 2.13. The maximum atomic E-state index is 4.57. The number of nitrogens with one attached hydrogen (secondary N) is 1. The molecule has 7 heavy (non-hydrogen) atoms. The van der Waals surface area contributed by atoms with Gasteiger partial charge >= 0.3 is 0 Å². The van der Waals surface area contributed by atoms with Gasteiger partial charge in [-0.2, -0.15) is 10.3 Å². The molecule has 0 bridgehead atoms. The highest BCUT2D eigenvalue weighted by molar-refractivity contribution is 7.10. The van der Waals surface area contributed by atoms with Crippen LogP contribution in [0.15, 0.2) is 6.20 Å². The number of aromatic amines is 1. The van der Waals surface area contributed by atoms with Crippen molar-refractivity contribution in [3.8, 4) is 5.88 Å². The molecule has 1 aromatic rings. The van der Waals surface area contributed by atoms with Crippen LogP contribution in [-0.2, 0) is 0 Å². The first kappa shape index (κ1) is 4.53. The Hall–Kier alpha value is -0.630. The zero-order valence-corrected chi connectivity index (χ0v) is 4.61. The van der Waals surface area contributed by atoms with Crippen molar-refractivity contribution in [2.45, 2.75) is 0 Å². The number of nitrogens with zero attached hydrogens (tertiary/aromatic N) is 2. The first-order valence-electron chi connectivity index (χ1n) is 1.66. The molecule has 4 nitrogen and oxygen atoms in total. The van der Waals surface area contributed by atoms with Gasteiger partial charge in [-0.1, -0.05) is 0 Å². The Morgan fingerprint density at radius 2 is 2.71 bits per heavy atom. The number of rotatable bonds is 1. The fraction of sp³-hybridized carbons (Fsp3) is 0. The van der Waals surface area contributed by atoms with E-state index in [1.54, 1.807) is 0 Å². The Bertz CT molecular complexity index is 127. The lowest BCUT2D eigenvalue weighted by Crippen LogP contribution is -1.70. The second kappa shape index (κ2) is 1.89. The molecule has 1 aromatic heterocycles. The average Bonchev–Trinajstić information content (AvgIpc) is 2.14. The summed E-state index contributed by atoms with van der Waals surface area (Å²) in [6.45, 7) is 0. The van der Waals surface area contributed by atoms with Gasteiger partial charge in [-0.15, -0.1) is 5.10 Å². The normalized spacial score (nSPS) is 8.71. The van der Waals surface area contributed by atoms with Gasteiger partial charge in [0.2, 0.25) is 0 Å². The highest BCUT2D eigenvalue weighted by Crippen LogP contribution is 2.01. The third-order valence-corrected chi connectivity index (χ3v) is 0.755. The van der Waals surface area contributed by atoms with Crippen molar-refractivity contribution in [3.63, 3.8) is 0 Å². The largest absolute Gasteiger partial charge is 0.461 e. The molecule has 0 aliphatic heterocycles. The molecule has 1 heterocycles. The smallest absolute Gasteiger partial charge is 0.255 e. The lowest BCUT2D eigenvalue weighted by Gasteiger charge is -1.82. The summed E-state index contributed by atoms with van der Waals surface area (Å²) in [5.74, 6) is 0.477. The minimum atomic E-state index is 0.477. The number of hydrogen-bond donors (Lipinski definition) is 1. The summed E-state index contributed by atoms with van der Waals surface area (Å²) in [7, 11) is 2.06. The van der Waals surface area contributed by atoms with E-state index in [9.17, 15) is 0 Å². The Balaban J connectivity index is 2.76. The van der Waals surface area contributed by atoms with Crippen molar-refractivity contribution in [2.75, 3.05) is 0 Å². The summed E-state index contributed by atoms with van der Waals surface area (Å²) in [6.07, 6.45) is 1.48. The lowest BCUT2D eigenvalue weighted by atomic mass is 10.9. The van der Waals surface area contributed by atoms with Crippen LogP contribution in [0.2, 0.25) is 0 Å². The minimum Gasteiger partial charge on any atom is -0.461 e. The summed E-state index contributed by atoms with van der Waals surface area (Å²) in [6, 6.07) is 0. The molecule has 5 heteroatoms. The molecule has 1 N–H and O–H groups in total. The van der Waals surface area contributed by atoms with Crippen LogP contribution in [0.5, 0.6) is 5.88 Å². The van der Waals surface area contributed by atoms with Crippen LogP contribution in [-0.4, -0.2) is 15.4 Å². The van der Waals surface area contributed by atoms with E-state index in [4.69, 9.17) is 0 Å². The summed E-state index contributed by atoms with van der Waals surface area (Å²) in [5.41, 5.74) is 0. The van der Waals surface area contributed by atoms with E-state index in [1.165, 1.54) is 6.20 Å². The lowest BCUT2D eigenvalue weighted by molar-refractivity contribution is 0.612. The molecule has 0 aliphatic carbocycles. The van der Waals surface area contributed by atoms with E-state index in [2.05, 4.69) is 29.4 Å². The summed E-state index contributed by atoms with van der Waals surface area (Å²) in [4.78, 5) is 0. The van der Waals surface area contributed by atoms with Crippen LogP contribution in [0.25, 0.3) is 0 Å². The van der Waals surface area contributed by atoms with Gasteiger partial charge in [0.1, 0.15) is 6.20 Å².